The number of rotatable bonds is 7. The average molecular weight is 461 g/mol. The monoisotopic (exact) mass is 460 g/mol. The van der Waals surface area contributed by atoms with Crippen LogP contribution in [0.15, 0.2) is 95.3 Å². The number of carbonyl (C=O) groups is 1. The summed E-state index contributed by atoms with van der Waals surface area (Å²) in [5.41, 5.74) is 3.58. The van der Waals surface area contributed by atoms with E-state index in [4.69, 9.17) is 21.3 Å². The number of likely N-dealkylation sites (N-methyl/N-ethyl adjacent to an activating group) is 1. The lowest BCUT2D eigenvalue weighted by Gasteiger charge is -2.27. The number of pyridine rings is 1. The van der Waals surface area contributed by atoms with Crippen molar-refractivity contribution in [3.05, 3.63) is 107 Å². The van der Waals surface area contributed by atoms with Crippen LogP contribution in [0.25, 0.3) is 0 Å². The number of halogens is 1. The normalized spacial score (nSPS) is 15.5. The van der Waals surface area contributed by atoms with Crippen molar-refractivity contribution < 1.29 is 9.53 Å². The summed E-state index contributed by atoms with van der Waals surface area (Å²) in [4.78, 5) is 24.4. The number of esters is 1. The molecule has 0 saturated heterocycles. The largest absolute Gasteiger partial charge is 0.460 e. The van der Waals surface area contributed by atoms with Gasteiger partial charge in [0.15, 0.2) is 5.84 Å². The first-order chi connectivity index (χ1) is 16.0. The second-order valence-electron chi connectivity index (χ2n) is 7.67. The van der Waals surface area contributed by atoms with Gasteiger partial charge in [0.1, 0.15) is 18.3 Å². The fourth-order valence-corrected chi connectivity index (χ4v) is 3.90. The SMILES string of the molecule is CC1=C(C(=O)OCCN(C)c2ccccc2)C(c2ccccc2Cl)N=C(c2ccccn2)N1. The zero-order valence-electron chi connectivity index (χ0n) is 18.5. The summed E-state index contributed by atoms with van der Waals surface area (Å²) in [5, 5.41) is 3.76. The lowest BCUT2D eigenvalue weighted by molar-refractivity contribution is -0.139. The molecule has 3 aromatic rings. The van der Waals surface area contributed by atoms with Gasteiger partial charge in [0.05, 0.1) is 12.1 Å². The van der Waals surface area contributed by atoms with E-state index in [0.29, 0.717) is 34.4 Å². The van der Waals surface area contributed by atoms with Crippen molar-refractivity contribution in [2.75, 3.05) is 25.1 Å². The first-order valence-electron chi connectivity index (χ1n) is 10.7. The molecule has 0 spiro atoms. The molecule has 1 unspecified atom stereocenters. The number of aromatic nitrogens is 1. The van der Waals surface area contributed by atoms with E-state index in [1.54, 1.807) is 12.3 Å². The Hall–Kier alpha value is -3.64. The number of benzene rings is 2. The van der Waals surface area contributed by atoms with E-state index in [9.17, 15) is 4.79 Å². The first-order valence-corrected chi connectivity index (χ1v) is 11.1. The van der Waals surface area contributed by atoms with Crippen molar-refractivity contribution in [1.82, 2.24) is 10.3 Å². The molecule has 6 nitrogen and oxygen atoms in total. The topological polar surface area (TPSA) is 66.8 Å². The molecule has 2 aromatic carbocycles. The highest BCUT2D eigenvalue weighted by Gasteiger charge is 2.32. The van der Waals surface area contributed by atoms with E-state index in [-0.39, 0.29) is 6.61 Å². The molecular weight excluding hydrogens is 436 g/mol. The molecule has 0 saturated carbocycles. The fourth-order valence-electron chi connectivity index (χ4n) is 3.66. The van der Waals surface area contributed by atoms with Crippen molar-refractivity contribution >= 4 is 29.1 Å². The van der Waals surface area contributed by atoms with E-state index in [1.807, 2.05) is 85.6 Å². The highest BCUT2D eigenvalue weighted by Crippen LogP contribution is 2.35. The standard InChI is InChI=1S/C26H25ClN4O2/c1-18-23(26(32)33-17-16-31(2)19-10-4-3-5-11-19)24(20-12-6-7-13-21(20)27)30-25(29-18)22-14-8-9-15-28-22/h3-15,24H,16-17H2,1-2H3,(H,29,30). The molecule has 1 N–H and O–H groups in total. The van der Waals surface area contributed by atoms with Crippen molar-refractivity contribution in [2.24, 2.45) is 4.99 Å². The maximum atomic E-state index is 13.2. The summed E-state index contributed by atoms with van der Waals surface area (Å²) in [7, 11) is 1.96. The zero-order chi connectivity index (χ0) is 23.2. The van der Waals surface area contributed by atoms with Crippen LogP contribution in [0, 0.1) is 0 Å². The molecule has 1 aromatic heterocycles. The molecule has 7 heteroatoms. The number of para-hydroxylation sites is 1. The van der Waals surface area contributed by atoms with Gasteiger partial charge in [0.25, 0.3) is 0 Å². The van der Waals surface area contributed by atoms with Crippen LogP contribution in [0.3, 0.4) is 0 Å². The third-order valence-corrected chi connectivity index (χ3v) is 5.77. The number of hydrogen-bond donors (Lipinski definition) is 1. The molecule has 4 rings (SSSR count). The van der Waals surface area contributed by atoms with Gasteiger partial charge in [0, 0.05) is 35.2 Å². The van der Waals surface area contributed by atoms with Crippen LogP contribution < -0.4 is 10.2 Å². The number of aliphatic imine (C=N–C) groups is 1. The third kappa shape index (κ3) is 5.23. The summed E-state index contributed by atoms with van der Waals surface area (Å²) >= 11 is 6.50. The summed E-state index contributed by atoms with van der Waals surface area (Å²) in [6.45, 7) is 2.65. The lowest BCUT2D eigenvalue weighted by atomic mass is 9.95. The quantitative estimate of drug-likeness (QED) is 0.514. The van der Waals surface area contributed by atoms with E-state index in [0.717, 1.165) is 11.3 Å². The van der Waals surface area contributed by atoms with Crippen LogP contribution in [0.5, 0.6) is 0 Å². The number of nitrogens with one attached hydrogen (secondary N) is 1. The van der Waals surface area contributed by atoms with Crippen LogP contribution in [0.4, 0.5) is 5.69 Å². The molecule has 2 heterocycles. The summed E-state index contributed by atoms with van der Waals surface area (Å²) < 4.78 is 5.67. The van der Waals surface area contributed by atoms with Gasteiger partial charge in [-0.2, -0.15) is 0 Å². The van der Waals surface area contributed by atoms with Gasteiger partial charge >= 0.3 is 5.97 Å². The van der Waals surface area contributed by atoms with Gasteiger partial charge in [-0.15, -0.1) is 0 Å². The maximum absolute atomic E-state index is 13.2. The minimum Gasteiger partial charge on any atom is -0.460 e. The highest BCUT2D eigenvalue weighted by molar-refractivity contribution is 6.31. The number of amidine groups is 1. The van der Waals surface area contributed by atoms with E-state index < -0.39 is 12.0 Å². The molecule has 0 radical (unpaired) electrons. The van der Waals surface area contributed by atoms with Gasteiger partial charge in [-0.1, -0.05) is 54.1 Å². The van der Waals surface area contributed by atoms with E-state index >= 15 is 0 Å². The molecule has 0 fully saturated rings. The number of anilines is 1. The van der Waals surface area contributed by atoms with Gasteiger partial charge in [-0.3, -0.25) is 9.98 Å². The zero-order valence-corrected chi connectivity index (χ0v) is 19.3. The molecule has 1 aliphatic rings. The second kappa shape index (κ2) is 10.3. The van der Waals surface area contributed by atoms with Crippen LogP contribution in [0.2, 0.25) is 5.02 Å². The molecule has 0 bridgehead atoms. The van der Waals surface area contributed by atoms with Crippen LogP contribution in [-0.2, 0) is 9.53 Å². The van der Waals surface area contributed by atoms with Gasteiger partial charge in [-0.25, -0.2) is 4.79 Å². The summed E-state index contributed by atoms with van der Waals surface area (Å²) in [6, 6.07) is 22.4. The highest BCUT2D eigenvalue weighted by atomic mass is 35.5. The number of allylic oxidation sites excluding steroid dienone is 1. The van der Waals surface area contributed by atoms with Crippen molar-refractivity contribution in [3.8, 4) is 0 Å². The Bertz CT molecular complexity index is 1180. The number of ether oxygens (including phenoxy) is 1. The van der Waals surface area contributed by atoms with Crippen LogP contribution >= 0.6 is 11.6 Å². The van der Waals surface area contributed by atoms with E-state index in [2.05, 4.69) is 10.3 Å². The predicted octanol–water partition coefficient (Wildman–Crippen LogP) is 4.78. The Morgan fingerprint density at radius 1 is 1.06 bits per heavy atom. The number of nitrogens with zero attached hydrogens (tertiary/aromatic N) is 3. The maximum Gasteiger partial charge on any atom is 0.338 e. The van der Waals surface area contributed by atoms with Crippen LogP contribution in [0.1, 0.15) is 24.2 Å². The van der Waals surface area contributed by atoms with Crippen molar-refractivity contribution in [1.29, 1.82) is 0 Å². The fraction of sp³-hybridized carbons (Fsp3) is 0.192. The van der Waals surface area contributed by atoms with Gasteiger partial charge < -0.3 is 15.0 Å². The third-order valence-electron chi connectivity index (χ3n) is 5.43. The molecular formula is C26H25ClN4O2. The second-order valence-corrected chi connectivity index (χ2v) is 8.08. The molecule has 168 valence electrons. The Labute approximate surface area is 198 Å². The molecule has 33 heavy (non-hydrogen) atoms. The Morgan fingerprint density at radius 3 is 2.52 bits per heavy atom. The minimum absolute atomic E-state index is 0.243. The van der Waals surface area contributed by atoms with Crippen molar-refractivity contribution in [3.63, 3.8) is 0 Å². The van der Waals surface area contributed by atoms with E-state index in [1.165, 1.54) is 0 Å². The van der Waals surface area contributed by atoms with Gasteiger partial charge in [0.2, 0.25) is 0 Å². The Kier molecular flexibility index (Phi) is 7.05. The smallest absolute Gasteiger partial charge is 0.338 e. The number of carbonyl (C=O) groups excluding carboxylic acids is 1. The summed E-state index contributed by atoms with van der Waals surface area (Å²) in [6.07, 6.45) is 1.70. The number of hydrogen-bond acceptors (Lipinski definition) is 6. The molecule has 0 amide bonds. The Morgan fingerprint density at radius 2 is 1.79 bits per heavy atom. The summed E-state index contributed by atoms with van der Waals surface area (Å²) in [5.74, 6) is 0.161. The minimum atomic E-state index is -0.601. The lowest BCUT2D eigenvalue weighted by Crippen LogP contribution is -2.34. The average Bonchev–Trinajstić information content (AvgIpc) is 2.84. The first kappa shape index (κ1) is 22.6. The molecule has 0 aliphatic carbocycles. The van der Waals surface area contributed by atoms with Gasteiger partial charge in [-0.05, 0) is 37.3 Å². The predicted molar refractivity (Wildman–Crippen MR) is 131 cm³/mol. The van der Waals surface area contributed by atoms with Crippen LogP contribution in [-0.4, -0.2) is 37.0 Å². The molecule has 1 atom stereocenters. The van der Waals surface area contributed by atoms with Crippen molar-refractivity contribution in [2.45, 2.75) is 13.0 Å². The Balaban J connectivity index is 1.56. The molecule has 1 aliphatic heterocycles.